The van der Waals surface area contributed by atoms with Crippen LogP contribution < -0.4 is 0 Å². The first-order valence-electron chi connectivity index (χ1n) is 7.63. The van der Waals surface area contributed by atoms with Crippen LogP contribution in [-0.2, 0) is 0 Å². The quantitative estimate of drug-likeness (QED) is 0.579. The van der Waals surface area contributed by atoms with Crippen LogP contribution >= 0.6 is 11.6 Å². The minimum absolute atomic E-state index is 0.0558. The first-order valence-corrected chi connectivity index (χ1v) is 8.01. The van der Waals surface area contributed by atoms with E-state index in [0.717, 1.165) is 19.3 Å². The zero-order valence-electron chi connectivity index (χ0n) is 13.1. The number of nitro benzene ring substituents is 1. The molecule has 0 radical (unpaired) electrons. The van der Waals surface area contributed by atoms with Gasteiger partial charge >= 0.3 is 0 Å². The standard InChI is InChI=1S/C16H21ClN2O3/c1-4-10(2)11(3)18(13-6-7-13)16(20)14-8-5-12(17)9-15(14)19(21)22/h5,8-11,13H,4,6-7H2,1-3H3. The van der Waals surface area contributed by atoms with Crippen LogP contribution in [0, 0.1) is 16.0 Å². The summed E-state index contributed by atoms with van der Waals surface area (Å²) >= 11 is 5.83. The maximum absolute atomic E-state index is 12.9. The Morgan fingerprint density at radius 3 is 2.59 bits per heavy atom. The lowest BCUT2D eigenvalue weighted by atomic mass is 9.98. The van der Waals surface area contributed by atoms with Gasteiger partial charge < -0.3 is 4.90 Å². The Morgan fingerprint density at radius 1 is 1.45 bits per heavy atom. The number of carbonyl (C=O) groups excluding carboxylic acids is 1. The van der Waals surface area contributed by atoms with Crippen LogP contribution in [0.4, 0.5) is 5.69 Å². The van der Waals surface area contributed by atoms with Crippen molar-refractivity contribution in [2.45, 2.75) is 52.1 Å². The molecule has 0 saturated heterocycles. The van der Waals surface area contributed by atoms with Crippen LogP contribution in [0.15, 0.2) is 18.2 Å². The molecule has 5 nitrogen and oxygen atoms in total. The van der Waals surface area contributed by atoms with E-state index in [1.54, 1.807) is 0 Å². The molecule has 120 valence electrons. The van der Waals surface area contributed by atoms with Gasteiger partial charge in [0.15, 0.2) is 0 Å². The Kier molecular flexibility index (Phi) is 5.06. The molecule has 22 heavy (non-hydrogen) atoms. The Morgan fingerprint density at radius 2 is 2.09 bits per heavy atom. The van der Waals surface area contributed by atoms with Crippen molar-refractivity contribution in [1.29, 1.82) is 0 Å². The summed E-state index contributed by atoms with van der Waals surface area (Å²) < 4.78 is 0. The largest absolute Gasteiger partial charge is 0.332 e. The summed E-state index contributed by atoms with van der Waals surface area (Å²) in [5, 5.41) is 11.5. The lowest BCUT2D eigenvalue weighted by Gasteiger charge is -2.33. The first kappa shape index (κ1) is 16.7. The second-order valence-electron chi connectivity index (χ2n) is 5.99. The van der Waals surface area contributed by atoms with E-state index in [9.17, 15) is 14.9 Å². The van der Waals surface area contributed by atoms with Gasteiger partial charge in [-0.05, 0) is 37.8 Å². The first-order chi connectivity index (χ1) is 10.4. The highest BCUT2D eigenvalue weighted by Gasteiger charge is 2.39. The van der Waals surface area contributed by atoms with Crippen LogP contribution in [0.2, 0.25) is 5.02 Å². The summed E-state index contributed by atoms with van der Waals surface area (Å²) in [6.45, 7) is 6.21. The number of amides is 1. The predicted molar refractivity (Wildman–Crippen MR) is 86.2 cm³/mol. The molecule has 0 spiro atoms. The molecule has 2 unspecified atom stereocenters. The fourth-order valence-electron chi connectivity index (χ4n) is 2.63. The summed E-state index contributed by atoms with van der Waals surface area (Å²) in [5.41, 5.74) is -0.101. The summed E-state index contributed by atoms with van der Waals surface area (Å²) in [6, 6.07) is 4.49. The Labute approximate surface area is 135 Å². The molecule has 1 aromatic rings. The second-order valence-corrected chi connectivity index (χ2v) is 6.42. The highest BCUT2D eigenvalue weighted by molar-refractivity contribution is 6.31. The van der Waals surface area contributed by atoms with Crippen molar-refractivity contribution in [2.75, 3.05) is 0 Å². The minimum atomic E-state index is -0.544. The zero-order chi connectivity index (χ0) is 16.4. The highest BCUT2D eigenvalue weighted by atomic mass is 35.5. The molecule has 0 heterocycles. The lowest BCUT2D eigenvalue weighted by Crippen LogP contribution is -2.43. The number of nitrogens with zero attached hydrogens (tertiary/aromatic N) is 2. The molecular weight excluding hydrogens is 304 g/mol. The van der Waals surface area contributed by atoms with Gasteiger partial charge in [0.25, 0.3) is 11.6 Å². The van der Waals surface area contributed by atoms with E-state index in [4.69, 9.17) is 11.6 Å². The van der Waals surface area contributed by atoms with Crippen LogP contribution in [0.25, 0.3) is 0 Å². The van der Waals surface area contributed by atoms with Crippen LogP contribution in [0.5, 0.6) is 0 Å². The summed E-state index contributed by atoms with van der Waals surface area (Å²) in [6.07, 6.45) is 2.89. The Balaban J connectivity index is 2.38. The SMILES string of the molecule is CCC(C)C(C)N(C(=O)c1ccc(Cl)cc1[N+](=O)[O-])C1CC1. The smallest absolute Gasteiger partial charge is 0.283 e. The van der Waals surface area contributed by atoms with Crippen molar-refractivity contribution in [1.82, 2.24) is 4.90 Å². The van der Waals surface area contributed by atoms with Gasteiger partial charge in [0.05, 0.1) is 4.92 Å². The van der Waals surface area contributed by atoms with E-state index in [1.807, 2.05) is 11.8 Å². The average molecular weight is 325 g/mol. The molecule has 0 bridgehead atoms. The van der Waals surface area contributed by atoms with Gasteiger partial charge in [-0.1, -0.05) is 31.9 Å². The maximum Gasteiger partial charge on any atom is 0.283 e. The number of benzene rings is 1. The van der Waals surface area contributed by atoms with Gasteiger partial charge in [0.1, 0.15) is 5.56 Å². The van der Waals surface area contributed by atoms with Gasteiger partial charge in [-0.2, -0.15) is 0 Å². The van der Waals surface area contributed by atoms with Crippen molar-refractivity contribution in [3.63, 3.8) is 0 Å². The van der Waals surface area contributed by atoms with E-state index >= 15 is 0 Å². The topological polar surface area (TPSA) is 63.5 Å². The average Bonchev–Trinajstić information content (AvgIpc) is 3.30. The van der Waals surface area contributed by atoms with Crippen molar-refractivity contribution in [2.24, 2.45) is 5.92 Å². The third-order valence-corrected chi connectivity index (χ3v) is 4.70. The van der Waals surface area contributed by atoms with Gasteiger partial charge in [-0.15, -0.1) is 0 Å². The third-order valence-electron chi connectivity index (χ3n) is 4.47. The molecule has 1 saturated carbocycles. The number of nitro groups is 1. The van der Waals surface area contributed by atoms with E-state index in [0.29, 0.717) is 5.92 Å². The van der Waals surface area contributed by atoms with Gasteiger partial charge in [0, 0.05) is 23.2 Å². The molecular formula is C16H21ClN2O3. The van der Waals surface area contributed by atoms with Crippen molar-refractivity contribution < 1.29 is 9.72 Å². The molecule has 1 aromatic carbocycles. The van der Waals surface area contributed by atoms with Gasteiger partial charge in [0.2, 0.25) is 0 Å². The van der Waals surface area contributed by atoms with Crippen LogP contribution in [0.1, 0.15) is 50.4 Å². The second kappa shape index (κ2) is 6.65. The molecule has 0 N–H and O–H groups in total. The van der Waals surface area contributed by atoms with Crippen molar-refractivity contribution in [3.8, 4) is 0 Å². The van der Waals surface area contributed by atoms with E-state index in [-0.39, 0.29) is 34.3 Å². The predicted octanol–water partition coefficient (Wildman–Crippen LogP) is 4.29. The summed E-state index contributed by atoms with van der Waals surface area (Å²) in [5.74, 6) is 0.0783. The van der Waals surface area contributed by atoms with Crippen molar-refractivity contribution >= 4 is 23.2 Å². The summed E-state index contributed by atoms with van der Waals surface area (Å²) in [4.78, 5) is 25.4. The minimum Gasteiger partial charge on any atom is -0.332 e. The normalized spacial score (nSPS) is 16.9. The molecule has 0 aromatic heterocycles. The number of rotatable bonds is 6. The van der Waals surface area contributed by atoms with Gasteiger partial charge in [-0.3, -0.25) is 14.9 Å². The highest BCUT2D eigenvalue weighted by Crippen LogP contribution is 2.34. The molecule has 1 amide bonds. The molecule has 0 aliphatic heterocycles. The molecule has 1 aliphatic rings. The van der Waals surface area contributed by atoms with Crippen LogP contribution in [0.3, 0.4) is 0 Å². The van der Waals surface area contributed by atoms with E-state index < -0.39 is 4.92 Å². The van der Waals surface area contributed by atoms with Crippen LogP contribution in [-0.4, -0.2) is 27.8 Å². The fourth-order valence-corrected chi connectivity index (χ4v) is 2.79. The molecule has 2 rings (SSSR count). The molecule has 2 atom stereocenters. The monoisotopic (exact) mass is 324 g/mol. The molecule has 1 fully saturated rings. The number of carbonyl (C=O) groups is 1. The maximum atomic E-state index is 12.9. The number of hydrogen-bond acceptors (Lipinski definition) is 3. The zero-order valence-corrected chi connectivity index (χ0v) is 13.8. The third kappa shape index (κ3) is 3.40. The Hall–Kier alpha value is -1.62. The summed E-state index contributed by atoms with van der Waals surface area (Å²) in [7, 11) is 0. The number of halogens is 1. The fraction of sp³-hybridized carbons (Fsp3) is 0.562. The van der Waals surface area contributed by atoms with E-state index in [1.165, 1.54) is 18.2 Å². The molecule has 6 heteroatoms. The van der Waals surface area contributed by atoms with Gasteiger partial charge in [-0.25, -0.2) is 0 Å². The van der Waals surface area contributed by atoms with Crippen molar-refractivity contribution in [3.05, 3.63) is 38.9 Å². The lowest BCUT2D eigenvalue weighted by molar-refractivity contribution is -0.385. The van der Waals surface area contributed by atoms with E-state index in [2.05, 4.69) is 13.8 Å². The Bertz CT molecular complexity index is 587. The molecule has 1 aliphatic carbocycles. The number of hydrogen-bond donors (Lipinski definition) is 0.